The van der Waals surface area contributed by atoms with Gasteiger partial charge in [0.1, 0.15) is 0 Å². The number of hydrogen-bond acceptors (Lipinski definition) is 4. The van der Waals surface area contributed by atoms with E-state index >= 15 is 0 Å². The first-order chi connectivity index (χ1) is 8.64. The molecule has 0 amide bonds. The number of ether oxygens (including phenoxy) is 1. The fourth-order valence-corrected chi connectivity index (χ4v) is 3.77. The first kappa shape index (κ1) is 16.3. The minimum Gasteiger partial charge on any atom is -0.778 e. The van der Waals surface area contributed by atoms with E-state index in [1.165, 1.54) is 23.0 Å². The van der Waals surface area contributed by atoms with Gasteiger partial charge in [0.15, 0.2) is 31.5 Å². The Morgan fingerprint density at radius 1 is 1.42 bits per heavy atom. The number of aromatic nitrogens is 1. The topological polar surface area (TPSA) is 131 Å². The van der Waals surface area contributed by atoms with Crippen LogP contribution in [0.1, 0.15) is 6.92 Å². The summed E-state index contributed by atoms with van der Waals surface area (Å²) in [5, 5.41) is -2.18. The third kappa shape index (κ3) is 5.03. The van der Waals surface area contributed by atoms with E-state index in [1.807, 2.05) is 0 Å². The van der Waals surface area contributed by atoms with Crippen LogP contribution in [0.2, 0.25) is 0 Å². The van der Waals surface area contributed by atoms with Gasteiger partial charge < -0.3 is 28.9 Å². The van der Waals surface area contributed by atoms with Crippen LogP contribution < -0.4 is 14.2 Å². The van der Waals surface area contributed by atoms with Gasteiger partial charge in [-0.05, 0) is 13.0 Å². The molecule has 2 atom stereocenters. The zero-order chi connectivity index (χ0) is 14.7. The Kier molecular flexibility index (Phi) is 5.26. The summed E-state index contributed by atoms with van der Waals surface area (Å²) >= 11 is 0. The smallest absolute Gasteiger partial charge is 0.343 e. The van der Waals surface area contributed by atoms with E-state index in [4.69, 9.17) is 19.4 Å². The highest BCUT2D eigenvalue weighted by atomic mass is 31.2. The molecule has 1 heterocycles. The van der Waals surface area contributed by atoms with Crippen molar-refractivity contribution < 1.29 is 38.0 Å². The van der Waals surface area contributed by atoms with E-state index < -0.39 is 27.1 Å². The average molecular weight is 311 g/mol. The van der Waals surface area contributed by atoms with Crippen LogP contribution in [0.4, 0.5) is 0 Å². The maximum absolute atomic E-state index is 11.1. The molecule has 3 N–H and O–H groups in total. The van der Waals surface area contributed by atoms with E-state index in [1.54, 1.807) is 13.0 Å². The van der Waals surface area contributed by atoms with E-state index in [2.05, 4.69) is 0 Å². The van der Waals surface area contributed by atoms with Crippen molar-refractivity contribution in [3.8, 4) is 5.75 Å². The lowest BCUT2D eigenvalue weighted by molar-refractivity contribution is -0.695. The van der Waals surface area contributed by atoms with Crippen LogP contribution in [0.3, 0.4) is 0 Å². The summed E-state index contributed by atoms with van der Waals surface area (Å²) in [4.78, 5) is 37.9. The highest BCUT2D eigenvalue weighted by molar-refractivity contribution is 7.70. The summed E-state index contributed by atoms with van der Waals surface area (Å²) in [6.07, 6.45) is 2.81. The van der Waals surface area contributed by atoms with Crippen molar-refractivity contribution in [3.63, 3.8) is 0 Å². The normalized spacial score (nSPS) is 16.7. The molecule has 0 bridgehead atoms. The molecule has 0 aromatic carbocycles. The number of rotatable bonds is 6. The molecule has 0 aliphatic rings. The number of hydrogen-bond donors (Lipinski definition) is 3. The molecule has 0 saturated heterocycles. The van der Waals surface area contributed by atoms with Gasteiger partial charge >= 0.3 is 7.60 Å². The summed E-state index contributed by atoms with van der Waals surface area (Å²) in [6, 6.07) is 3.15. The molecule has 1 rings (SSSR count). The van der Waals surface area contributed by atoms with Gasteiger partial charge in [0.05, 0.1) is 6.61 Å². The third-order valence-corrected chi connectivity index (χ3v) is 5.92. The second-order valence-corrected chi connectivity index (χ2v) is 7.76. The SMILES string of the molecule is CCOc1ccc[n+](CC(P(=O)([O-])O)P(=O)(O)O)c1. The van der Waals surface area contributed by atoms with Crippen LogP contribution in [0.25, 0.3) is 0 Å². The van der Waals surface area contributed by atoms with Crippen LogP contribution in [-0.2, 0) is 15.7 Å². The average Bonchev–Trinajstić information content (AvgIpc) is 2.24. The Bertz CT molecular complexity index is 501. The highest BCUT2D eigenvalue weighted by Gasteiger charge is 2.40. The molecule has 19 heavy (non-hydrogen) atoms. The van der Waals surface area contributed by atoms with Crippen LogP contribution in [0.5, 0.6) is 5.75 Å². The highest BCUT2D eigenvalue weighted by Crippen LogP contribution is 2.57. The monoisotopic (exact) mass is 311 g/mol. The second kappa shape index (κ2) is 6.13. The lowest BCUT2D eigenvalue weighted by atomic mass is 10.4. The molecule has 2 unspecified atom stereocenters. The van der Waals surface area contributed by atoms with E-state index in [0.29, 0.717) is 12.4 Å². The van der Waals surface area contributed by atoms with Gasteiger partial charge in [0, 0.05) is 6.07 Å². The van der Waals surface area contributed by atoms with Gasteiger partial charge in [0.2, 0.25) is 6.20 Å². The first-order valence-electron chi connectivity index (χ1n) is 5.35. The summed E-state index contributed by atoms with van der Waals surface area (Å²) < 4.78 is 28.6. The predicted molar refractivity (Wildman–Crippen MR) is 63.5 cm³/mol. The molecule has 8 nitrogen and oxygen atoms in total. The molecular weight excluding hydrogens is 296 g/mol. The zero-order valence-electron chi connectivity index (χ0n) is 10.1. The molecule has 10 heteroatoms. The fourth-order valence-electron chi connectivity index (χ4n) is 1.45. The van der Waals surface area contributed by atoms with Crippen molar-refractivity contribution in [2.24, 2.45) is 0 Å². The molecule has 1 aromatic rings. The molecule has 1 aromatic heterocycles. The second-order valence-electron chi connectivity index (χ2n) is 3.80. The summed E-state index contributed by atoms with van der Waals surface area (Å²) in [6.45, 7) is 1.59. The molecule has 0 spiro atoms. The van der Waals surface area contributed by atoms with Gasteiger partial charge in [-0.1, -0.05) is 0 Å². The summed E-state index contributed by atoms with van der Waals surface area (Å²) in [7, 11) is -10.1. The van der Waals surface area contributed by atoms with Gasteiger partial charge in [-0.15, -0.1) is 0 Å². The largest absolute Gasteiger partial charge is 0.778 e. The number of pyridine rings is 1. The first-order valence-corrected chi connectivity index (χ1v) is 8.68. The van der Waals surface area contributed by atoms with Crippen molar-refractivity contribution in [1.29, 1.82) is 0 Å². The Morgan fingerprint density at radius 3 is 2.53 bits per heavy atom. The zero-order valence-corrected chi connectivity index (χ0v) is 11.9. The van der Waals surface area contributed by atoms with Crippen LogP contribution in [-0.4, -0.2) is 26.7 Å². The van der Waals surface area contributed by atoms with Crippen molar-refractivity contribution in [3.05, 3.63) is 24.5 Å². The van der Waals surface area contributed by atoms with Crippen LogP contribution >= 0.6 is 15.2 Å². The molecule has 108 valence electrons. The number of nitrogens with zero attached hydrogens (tertiary/aromatic N) is 1. The maximum Gasteiger partial charge on any atom is 0.343 e. The summed E-state index contributed by atoms with van der Waals surface area (Å²) in [5.41, 5.74) is 0. The van der Waals surface area contributed by atoms with E-state index in [9.17, 15) is 14.0 Å². The van der Waals surface area contributed by atoms with Gasteiger partial charge in [0.25, 0.3) is 0 Å². The van der Waals surface area contributed by atoms with Crippen molar-refractivity contribution in [2.75, 3.05) is 6.61 Å². The minimum absolute atomic E-state index is 0.395. The Morgan fingerprint density at radius 2 is 2.05 bits per heavy atom. The molecule has 0 aliphatic heterocycles. The predicted octanol–water partition coefficient (Wildman–Crippen LogP) is -0.578. The third-order valence-electron chi connectivity index (χ3n) is 2.28. The van der Waals surface area contributed by atoms with Crippen LogP contribution in [0, 0.1) is 0 Å². The Hall–Kier alpha value is -0.750. The molecule has 0 fully saturated rings. The van der Waals surface area contributed by atoms with E-state index in [0.717, 1.165) is 0 Å². The lowest BCUT2D eigenvalue weighted by Crippen LogP contribution is -2.40. The van der Waals surface area contributed by atoms with Gasteiger partial charge in [-0.2, -0.15) is 0 Å². The molecule has 0 aliphatic carbocycles. The Balaban J connectivity index is 3.01. The van der Waals surface area contributed by atoms with Gasteiger partial charge in [-0.25, -0.2) is 4.57 Å². The quantitative estimate of drug-likeness (QED) is 0.473. The van der Waals surface area contributed by atoms with Gasteiger partial charge in [-0.3, -0.25) is 4.57 Å². The lowest BCUT2D eigenvalue weighted by Gasteiger charge is -2.25. The van der Waals surface area contributed by atoms with E-state index in [-0.39, 0.29) is 0 Å². The van der Waals surface area contributed by atoms with Crippen LogP contribution in [0.15, 0.2) is 24.5 Å². The standard InChI is InChI=1S/C9H15NO7P2/c1-2-17-8-4-3-5-10(6-8)7-9(18(11,12)13)19(14,15)16/h3-6,9H,2,7H2,1H3,(H3-,11,12,13,14,15,16). The molecular formula is C9H15NO7P2. The fraction of sp³-hybridized carbons (Fsp3) is 0.444. The minimum atomic E-state index is -5.17. The molecule has 0 saturated carbocycles. The van der Waals surface area contributed by atoms with Crippen molar-refractivity contribution in [1.82, 2.24) is 0 Å². The summed E-state index contributed by atoms with van der Waals surface area (Å²) in [5.74, 6) is 0.424. The van der Waals surface area contributed by atoms with Crippen molar-refractivity contribution >= 4 is 15.2 Å². The Labute approximate surface area is 110 Å². The van der Waals surface area contributed by atoms with Crippen molar-refractivity contribution in [2.45, 2.75) is 18.9 Å². The molecule has 0 radical (unpaired) electrons. The maximum atomic E-state index is 11.1.